The molecule has 2 rings (SSSR count). The summed E-state index contributed by atoms with van der Waals surface area (Å²) in [5, 5.41) is 0. The second-order valence-corrected chi connectivity index (χ2v) is 3.36. The zero-order chi connectivity index (χ0) is 13.4. The molecule has 0 unspecified atom stereocenters. The second kappa shape index (κ2) is 7.22. The molecule has 3 nitrogen and oxygen atoms in total. The Morgan fingerprint density at radius 1 is 1.06 bits per heavy atom. The third kappa shape index (κ3) is 4.01. The number of Topliss-reactive ketones (excluding diaryl/α,β-unsaturated/α-hetero) is 1. The quantitative estimate of drug-likeness (QED) is 0.762. The third-order valence-corrected chi connectivity index (χ3v) is 2.11. The summed E-state index contributed by atoms with van der Waals surface area (Å²) in [4.78, 5) is 15.1. The van der Waals surface area contributed by atoms with Crippen molar-refractivity contribution in [1.29, 1.82) is 0 Å². The van der Waals surface area contributed by atoms with Gasteiger partial charge in [0, 0.05) is 17.8 Å². The highest BCUT2D eigenvalue weighted by Crippen LogP contribution is 2.18. The lowest BCUT2D eigenvalue weighted by atomic mass is 10.2. The van der Waals surface area contributed by atoms with Crippen molar-refractivity contribution in [3.05, 3.63) is 54.2 Å². The number of benzene rings is 1. The number of aromatic nitrogens is 1. The van der Waals surface area contributed by atoms with E-state index in [1.54, 1.807) is 12.1 Å². The summed E-state index contributed by atoms with van der Waals surface area (Å²) in [7, 11) is 0. The molecule has 1 aromatic heterocycles. The maximum Gasteiger partial charge on any atom is 0.219 e. The molecule has 2 aromatic rings. The molecule has 18 heavy (non-hydrogen) atoms. The molecule has 0 saturated heterocycles. The first-order chi connectivity index (χ1) is 8.75. The van der Waals surface area contributed by atoms with Crippen LogP contribution in [0.15, 0.2) is 48.7 Å². The predicted molar refractivity (Wildman–Crippen MR) is 72.1 cm³/mol. The van der Waals surface area contributed by atoms with E-state index >= 15 is 0 Å². The summed E-state index contributed by atoms with van der Waals surface area (Å²) in [6.45, 7) is 5.51. The van der Waals surface area contributed by atoms with Crippen LogP contribution in [0.1, 0.15) is 31.1 Å². The van der Waals surface area contributed by atoms with Gasteiger partial charge in [-0.2, -0.15) is 0 Å². The maximum atomic E-state index is 11.0. The van der Waals surface area contributed by atoms with Crippen LogP contribution in [0.3, 0.4) is 0 Å². The van der Waals surface area contributed by atoms with E-state index in [0.29, 0.717) is 11.4 Å². The second-order valence-electron chi connectivity index (χ2n) is 3.36. The topological polar surface area (TPSA) is 39.2 Å². The first kappa shape index (κ1) is 13.9. The van der Waals surface area contributed by atoms with Gasteiger partial charge in [0.2, 0.25) is 5.88 Å². The van der Waals surface area contributed by atoms with Crippen LogP contribution in [0.25, 0.3) is 0 Å². The van der Waals surface area contributed by atoms with Crippen molar-refractivity contribution in [3.63, 3.8) is 0 Å². The monoisotopic (exact) mass is 243 g/mol. The van der Waals surface area contributed by atoms with Crippen LogP contribution in [-0.2, 0) is 0 Å². The molecule has 1 heterocycles. The number of pyridine rings is 1. The fraction of sp³-hybridized carbons (Fsp3) is 0.200. The molecule has 0 amide bonds. The molecular formula is C15H17NO2. The smallest absolute Gasteiger partial charge is 0.219 e. The van der Waals surface area contributed by atoms with Gasteiger partial charge in [0.1, 0.15) is 5.75 Å². The zero-order valence-corrected chi connectivity index (χ0v) is 10.9. The lowest BCUT2D eigenvalue weighted by Gasteiger charge is -2.04. The van der Waals surface area contributed by atoms with Crippen molar-refractivity contribution in [3.8, 4) is 11.6 Å². The number of ether oxygens (including phenoxy) is 1. The Balaban J connectivity index is 0.000000771. The Hall–Kier alpha value is -2.16. The van der Waals surface area contributed by atoms with Crippen molar-refractivity contribution in [2.75, 3.05) is 0 Å². The third-order valence-electron chi connectivity index (χ3n) is 2.11. The summed E-state index contributed by atoms with van der Waals surface area (Å²) in [6, 6.07) is 12.8. The van der Waals surface area contributed by atoms with Gasteiger partial charge in [-0.05, 0) is 25.1 Å². The molecule has 94 valence electrons. The number of rotatable bonds is 3. The summed E-state index contributed by atoms with van der Waals surface area (Å²) in [6.07, 6.45) is 1.51. The maximum absolute atomic E-state index is 11.0. The number of ketones is 1. The number of hydrogen-bond donors (Lipinski definition) is 0. The SMILES string of the molecule is CC.CC(=O)c1ccc(Oc2ccccc2)nc1. The Bertz CT molecular complexity index is 478. The van der Waals surface area contributed by atoms with E-state index in [9.17, 15) is 4.79 Å². The van der Waals surface area contributed by atoms with Gasteiger partial charge in [-0.1, -0.05) is 32.0 Å². The number of para-hydroxylation sites is 1. The average Bonchev–Trinajstić information content (AvgIpc) is 2.43. The van der Waals surface area contributed by atoms with Crippen LogP contribution in [0.2, 0.25) is 0 Å². The number of carbonyl (C=O) groups excluding carboxylic acids is 1. The molecule has 0 atom stereocenters. The van der Waals surface area contributed by atoms with Gasteiger partial charge in [0.05, 0.1) is 0 Å². The molecule has 0 radical (unpaired) electrons. The summed E-state index contributed by atoms with van der Waals surface area (Å²) >= 11 is 0. The highest BCUT2D eigenvalue weighted by Gasteiger charge is 2.01. The first-order valence-corrected chi connectivity index (χ1v) is 5.95. The lowest BCUT2D eigenvalue weighted by Crippen LogP contribution is -1.94. The van der Waals surface area contributed by atoms with Gasteiger partial charge < -0.3 is 4.74 Å². The van der Waals surface area contributed by atoms with Crippen LogP contribution in [0, 0.1) is 0 Å². The summed E-state index contributed by atoms with van der Waals surface area (Å²) in [5.41, 5.74) is 0.584. The summed E-state index contributed by atoms with van der Waals surface area (Å²) in [5.74, 6) is 1.21. The molecule has 3 heteroatoms. The number of hydrogen-bond acceptors (Lipinski definition) is 3. The minimum atomic E-state index is -0.00115. The highest BCUT2D eigenvalue weighted by atomic mass is 16.5. The van der Waals surface area contributed by atoms with Gasteiger partial charge in [0.15, 0.2) is 5.78 Å². The van der Waals surface area contributed by atoms with E-state index in [4.69, 9.17) is 4.74 Å². The van der Waals surface area contributed by atoms with Gasteiger partial charge >= 0.3 is 0 Å². The molecule has 0 bridgehead atoms. The Morgan fingerprint density at radius 3 is 2.22 bits per heavy atom. The van der Waals surface area contributed by atoms with Gasteiger partial charge in [-0.3, -0.25) is 4.79 Å². The van der Waals surface area contributed by atoms with E-state index in [2.05, 4.69) is 4.98 Å². The fourth-order valence-electron chi connectivity index (χ4n) is 1.26. The fourth-order valence-corrected chi connectivity index (χ4v) is 1.26. The molecule has 0 aliphatic carbocycles. The largest absolute Gasteiger partial charge is 0.439 e. The van der Waals surface area contributed by atoms with Crippen LogP contribution >= 0.6 is 0 Å². The standard InChI is InChI=1S/C13H11NO2.C2H6/c1-10(15)11-7-8-13(14-9-11)16-12-5-3-2-4-6-12;1-2/h2-9H,1H3;1-2H3. The highest BCUT2D eigenvalue weighted by molar-refractivity contribution is 5.93. The first-order valence-electron chi connectivity index (χ1n) is 5.95. The van der Waals surface area contributed by atoms with Crippen LogP contribution < -0.4 is 4.74 Å². The molecular weight excluding hydrogens is 226 g/mol. The van der Waals surface area contributed by atoms with Crippen molar-refractivity contribution in [2.45, 2.75) is 20.8 Å². The molecule has 0 saturated carbocycles. The molecule has 0 spiro atoms. The minimum Gasteiger partial charge on any atom is -0.439 e. The lowest BCUT2D eigenvalue weighted by molar-refractivity contribution is 0.101. The average molecular weight is 243 g/mol. The van der Waals surface area contributed by atoms with Crippen molar-refractivity contribution < 1.29 is 9.53 Å². The van der Waals surface area contributed by atoms with Crippen LogP contribution in [0.5, 0.6) is 11.6 Å². The van der Waals surface area contributed by atoms with E-state index in [-0.39, 0.29) is 5.78 Å². The van der Waals surface area contributed by atoms with Crippen LogP contribution in [0.4, 0.5) is 0 Å². The van der Waals surface area contributed by atoms with E-state index in [1.807, 2.05) is 44.2 Å². The Labute approximate surface area is 107 Å². The molecule has 0 aliphatic rings. The van der Waals surface area contributed by atoms with Crippen molar-refractivity contribution in [2.24, 2.45) is 0 Å². The molecule has 0 N–H and O–H groups in total. The molecule has 0 fully saturated rings. The Kier molecular flexibility index (Phi) is 5.58. The predicted octanol–water partition coefficient (Wildman–Crippen LogP) is 4.10. The Morgan fingerprint density at radius 2 is 1.72 bits per heavy atom. The van der Waals surface area contributed by atoms with Crippen LogP contribution in [-0.4, -0.2) is 10.8 Å². The van der Waals surface area contributed by atoms with E-state index in [0.717, 1.165) is 5.75 Å². The van der Waals surface area contributed by atoms with E-state index in [1.165, 1.54) is 13.1 Å². The van der Waals surface area contributed by atoms with Gasteiger partial charge in [-0.15, -0.1) is 0 Å². The normalized spacial score (nSPS) is 9.06. The van der Waals surface area contributed by atoms with E-state index < -0.39 is 0 Å². The summed E-state index contributed by atoms with van der Waals surface area (Å²) < 4.78 is 5.49. The molecule has 0 aliphatic heterocycles. The van der Waals surface area contributed by atoms with Gasteiger partial charge in [-0.25, -0.2) is 4.98 Å². The van der Waals surface area contributed by atoms with Crippen molar-refractivity contribution in [1.82, 2.24) is 4.98 Å². The number of nitrogens with zero attached hydrogens (tertiary/aromatic N) is 1. The minimum absolute atomic E-state index is 0.00115. The number of carbonyl (C=O) groups is 1. The molecule has 1 aromatic carbocycles. The zero-order valence-electron chi connectivity index (χ0n) is 10.9. The van der Waals surface area contributed by atoms with Crippen molar-refractivity contribution >= 4 is 5.78 Å². The van der Waals surface area contributed by atoms with Gasteiger partial charge in [0.25, 0.3) is 0 Å².